The molecule has 102 valence electrons. The Hall–Kier alpha value is -2.28. The van der Waals surface area contributed by atoms with E-state index in [9.17, 15) is 9.90 Å². The number of thioether (sulfide) groups is 1. The third-order valence-electron chi connectivity index (χ3n) is 2.98. The van der Waals surface area contributed by atoms with E-state index in [0.717, 1.165) is 0 Å². The second-order valence-corrected chi connectivity index (χ2v) is 5.65. The summed E-state index contributed by atoms with van der Waals surface area (Å²) in [6, 6.07) is 6.78. The van der Waals surface area contributed by atoms with Crippen LogP contribution in [-0.2, 0) is 0 Å². The Kier molecular flexibility index (Phi) is 2.98. The highest BCUT2D eigenvalue weighted by Crippen LogP contribution is 2.30. The highest BCUT2D eigenvalue weighted by atomic mass is 32.2. The third-order valence-corrected chi connectivity index (χ3v) is 3.88. The number of para-hydroxylation sites is 1. The number of fused-ring (bicyclic) bond motifs is 1. The molecule has 2 aromatic rings. The van der Waals surface area contributed by atoms with Crippen LogP contribution >= 0.6 is 11.8 Å². The van der Waals surface area contributed by atoms with Gasteiger partial charge in [-0.25, -0.2) is 4.79 Å². The zero-order chi connectivity index (χ0) is 14.3. The summed E-state index contributed by atoms with van der Waals surface area (Å²) >= 11 is 1.27. The zero-order valence-corrected chi connectivity index (χ0v) is 11.3. The Morgan fingerprint density at radius 1 is 1.35 bits per heavy atom. The molecule has 0 fully saturated rings. The van der Waals surface area contributed by atoms with E-state index < -0.39 is 5.63 Å². The fourth-order valence-electron chi connectivity index (χ4n) is 2.06. The lowest BCUT2D eigenvalue weighted by Gasteiger charge is -2.16. The van der Waals surface area contributed by atoms with Crippen LogP contribution in [0.3, 0.4) is 0 Å². The van der Waals surface area contributed by atoms with E-state index in [1.807, 2.05) is 6.92 Å². The van der Waals surface area contributed by atoms with Gasteiger partial charge in [-0.15, -0.1) is 5.10 Å². The minimum atomic E-state index is -0.636. The van der Waals surface area contributed by atoms with Crippen molar-refractivity contribution >= 4 is 33.6 Å². The second kappa shape index (κ2) is 4.68. The molecule has 20 heavy (non-hydrogen) atoms. The maximum Gasteiger partial charge on any atom is 0.349 e. The van der Waals surface area contributed by atoms with E-state index in [4.69, 9.17) is 10.2 Å². The molecule has 1 aliphatic heterocycles. The van der Waals surface area contributed by atoms with Crippen LogP contribution in [0, 0.1) is 0 Å². The number of amidine groups is 1. The predicted molar refractivity (Wildman–Crippen MR) is 79.4 cm³/mol. The Balaban J connectivity index is 2.30. The van der Waals surface area contributed by atoms with Crippen LogP contribution in [0.4, 0.5) is 0 Å². The Morgan fingerprint density at radius 2 is 2.10 bits per heavy atom. The molecule has 1 aromatic carbocycles. The van der Waals surface area contributed by atoms with Crippen LogP contribution < -0.4 is 11.4 Å². The van der Waals surface area contributed by atoms with Gasteiger partial charge in [0.15, 0.2) is 5.17 Å². The molecule has 7 heteroatoms. The van der Waals surface area contributed by atoms with Crippen molar-refractivity contribution in [1.82, 2.24) is 0 Å². The Morgan fingerprint density at radius 3 is 2.85 bits per heavy atom. The van der Waals surface area contributed by atoms with E-state index in [-0.39, 0.29) is 16.6 Å². The van der Waals surface area contributed by atoms with Gasteiger partial charge in [0.2, 0.25) is 0 Å². The van der Waals surface area contributed by atoms with Crippen LogP contribution in [0.1, 0.15) is 12.5 Å². The van der Waals surface area contributed by atoms with Crippen LogP contribution in [0.2, 0.25) is 0 Å². The summed E-state index contributed by atoms with van der Waals surface area (Å²) in [6.07, 6.45) is 0. The van der Waals surface area contributed by atoms with E-state index in [1.165, 1.54) is 11.8 Å². The minimum absolute atomic E-state index is 0.0416. The smallest absolute Gasteiger partial charge is 0.349 e. The lowest BCUT2D eigenvalue weighted by atomic mass is 10.1. The van der Waals surface area contributed by atoms with E-state index in [2.05, 4.69) is 10.2 Å². The van der Waals surface area contributed by atoms with Gasteiger partial charge in [-0.2, -0.15) is 5.10 Å². The number of aromatic hydroxyl groups is 1. The lowest BCUT2D eigenvalue weighted by Crippen LogP contribution is -2.28. The van der Waals surface area contributed by atoms with Crippen LogP contribution in [0.25, 0.3) is 11.0 Å². The summed E-state index contributed by atoms with van der Waals surface area (Å²) in [5.74, 6) is -0.140. The lowest BCUT2D eigenvalue weighted by molar-refractivity contribution is 0.466. The molecule has 0 radical (unpaired) electrons. The first-order chi connectivity index (χ1) is 9.58. The van der Waals surface area contributed by atoms with Gasteiger partial charge in [-0.1, -0.05) is 23.9 Å². The van der Waals surface area contributed by atoms with E-state index in [0.29, 0.717) is 21.8 Å². The highest BCUT2D eigenvalue weighted by Gasteiger charge is 2.26. The van der Waals surface area contributed by atoms with Gasteiger partial charge in [0.05, 0.1) is 16.3 Å². The summed E-state index contributed by atoms with van der Waals surface area (Å²) in [7, 11) is 0. The molecule has 0 saturated heterocycles. The highest BCUT2D eigenvalue weighted by molar-refractivity contribution is 8.15. The number of hydrogen-bond acceptors (Lipinski definition) is 7. The maximum atomic E-state index is 12.1. The van der Waals surface area contributed by atoms with Crippen molar-refractivity contribution in [3.63, 3.8) is 0 Å². The van der Waals surface area contributed by atoms with Gasteiger partial charge in [-0.05, 0) is 19.1 Å². The molecule has 1 aliphatic rings. The van der Waals surface area contributed by atoms with E-state index >= 15 is 0 Å². The third kappa shape index (κ3) is 1.96. The first kappa shape index (κ1) is 12.7. The van der Waals surface area contributed by atoms with Crippen molar-refractivity contribution in [2.24, 2.45) is 15.9 Å². The van der Waals surface area contributed by atoms with Crippen molar-refractivity contribution in [2.45, 2.75) is 12.2 Å². The van der Waals surface area contributed by atoms with Crippen LogP contribution in [0.15, 0.2) is 43.7 Å². The quantitative estimate of drug-likeness (QED) is 0.777. The molecular formula is C13H11N3O3S. The van der Waals surface area contributed by atoms with Gasteiger partial charge in [0, 0.05) is 0 Å². The topological polar surface area (TPSA) is 101 Å². The van der Waals surface area contributed by atoms with Gasteiger partial charge >= 0.3 is 5.63 Å². The standard InChI is InChI=1S/C13H11N3O3S/c1-6-10(15-16-13(14)20-6)9-11(17)7-4-2-3-5-8(7)19-12(9)18/h2-6,17H,1H3,(H2,14,16). The summed E-state index contributed by atoms with van der Waals surface area (Å²) < 4.78 is 5.22. The molecule has 2 heterocycles. The van der Waals surface area contributed by atoms with Crippen LogP contribution in [0.5, 0.6) is 5.75 Å². The SMILES string of the molecule is CC1SC(N)=NN=C1c1c(O)c2ccccc2oc1=O. The first-order valence-corrected chi connectivity index (χ1v) is 6.78. The van der Waals surface area contributed by atoms with Gasteiger partial charge in [0.25, 0.3) is 0 Å². The summed E-state index contributed by atoms with van der Waals surface area (Å²) in [6.45, 7) is 1.83. The summed E-state index contributed by atoms with van der Waals surface area (Å²) in [5.41, 5.74) is 5.67. The maximum absolute atomic E-state index is 12.1. The first-order valence-electron chi connectivity index (χ1n) is 5.91. The van der Waals surface area contributed by atoms with Gasteiger partial charge in [-0.3, -0.25) is 0 Å². The molecule has 0 aliphatic carbocycles. The molecule has 3 N–H and O–H groups in total. The van der Waals surface area contributed by atoms with Gasteiger partial charge in [0.1, 0.15) is 16.9 Å². The molecule has 0 spiro atoms. The molecule has 1 atom stereocenters. The average Bonchev–Trinajstić information content (AvgIpc) is 2.41. The molecule has 0 saturated carbocycles. The fourth-order valence-corrected chi connectivity index (χ4v) is 2.78. The fraction of sp³-hybridized carbons (Fsp3) is 0.154. The summed E-state index contributed by atoms with van der Waals surface area (Å²) in [4.78, 5) is 12.1. The molecule has 6 nitrogen and oxygen atoms in total. The van der Waals surface area contributed by atoms with Crippen molar-refractivity contribution in [2.75, 3.05) is 0 Å². The molecule has 0 bridgehead atoms. The average molecular weight is 289 g/mol. The number of hydrogen-bond donors (Lipinski definition) is 2. The Bertz CT molecular complexity index is 810. The number of nitrogens with zero attached hydrogens (tertiary/aromatic N) is 2. The minimum Gasteiger partial charge on any atom is -0.506 e. The van der Waals surface area contributed by atoms with Crippen molar-refractivity contribution in [3.05, 3.63) is 40.2 Å². The molecule has 0 amide bonds. The predicted octanol–water partition coefficient (Wildman–Crippen LogP) is 1.65. The molecular weight excluding hydrogens is 278 g/mol. The van der Waals surface area contributed by atoms with Crippen molar-refractivity contribution in [3.8, 4) is 5.75 Å². The normalized spacial score (nSPS) is 18.8. The molecule has 1 aromatic heterocycles. The van der Waals surface area contributed by atoms with Crippen LogP contribution in [-0.4, -0.2) is 21.2 Å². The number of rotatable bonds is 1. The summed E-state index contributed by atoms with van der Waals surface area (Å²) in [5, 5.41) is 18.6. The van der Waals surface area contributed by atoms with Crippen molar-refractivity contribution < 1.29 is 9.52 Å². The largest absolute Gasteiger partial charge is 0.506 e. The van der Waals surface area contributed by atoms with Gasteiger partial charge < -0.3 is 15.3 Å². The molecule has 3 rings (SSSR count). The molecule has 1 unspecified atom stereocenters. The second-order valence-electron chi connectivity index (χ2n) is 4.29. The Labute approximate surface area is 118 Å². The number of nitrogens with two attached hydrogens (primary N) is 1. The van der Waals surface area contributed by atoms with E-state index in [1.54, 1.807) is 24.3 Å². The zero-order valence-electron chi connectivity index (χ0n) is 10.5. The van der Waals surface area contributed by atoms with Crippen molar-refractivity contribution in [1.29, 1.82) is 0 Å². The monoisotopic (exact) mass is 289 g/mol. The number of benzene rings is 1.